The van der Waals surface area contributed by atoms with Gasteiger partial charge in [0.15, 0.2) is 0 Å². The first kappa shape index (κ1) is 27.5. The molecule has 0 spiro atoms. The molecule has 0 aliphatic rings. The molecule has 1 atom stereocenters. The van der Waals surface area contributed by atoms with E-state index in [0.29, 0.717) is 28.8 Å². The van der Waals surface area contributed by atoms with Gasteiger partial charge in [0.05, 0.1) is 19.1 Å². The van der Waals surface area contributed by atoms with Crippen LogP contribution in [0.1, 0.15) is 35.7 Å². The second-order valence-corrected chi connectivity index (χ2v) is 9.26. The summed E-state index contributed by atoms with van der Waals surface area (Å²) in [6.45, 7) is 3.38. The number of hydrogen-bond acceptors (Lipinski definition) is 4. The average molecular weight is 529 g/mol. The lowest BCUT2D eigenvalue weighted by Crippen LogP contribution is -2.28. The van der Waals surface area contributed by atoms with Crippen molar-refractivity contribution in [2.75, 3.05) is 25.1 Å². The van der Waals surface area contributed by atoms with Gasteiger partial charge in [0.1, 0.15) is 0 Å². The average Bonchev–Trinajstić information content (AvgIpc) is 2.85. The van der Waals surface area contributed by atoms with Crippen molar-refractivity contribution in [3.8, 4) is 11.1 Å². The molecule has 3 aromatic carbocycles. The van der Waals surface area contributed by atoms with Crippen LogP contribution in [0.15, 0.2) is 66.7 Å². The molecule has 6 nitrogen and oxygen atoms in total. The second-order valence-electron chi connectivity index (χ2n) is 8.42. The maximum absolute atomic E-state index is 12.2. The number of ether oxygens (including phenoxy) is 1. The summed E-state index contributed by atoms with van der Waals surface area (Å²) in [6.07, 6.45) is 1.57. The summed E-state index contributed by atoms with van der Waals surface area (Å²) in [5.74, 6) is -1.25. The summed E-state index contributed by atoms with van der Waals surface area (Å²) in [4.78, 5) is 22.8. The van der Waals surface area contributed by atoms with Crippen LogP contribution in [0.3, 0.4) is 0 Å². The molecule has 0 bridgehead atoms. The van der Waals surface area contributed by atoms with E-state index in [1.807, 2.05) is 36.4 Å². The Morgan fingerprint density at radius 2 is 1.72 bits per heavy atom. The van der Waals surface area contributed by atoms with E-state index in [1.54, 1.807) is 18.2 Å². The van der Waals surface area contributed by atoms with Crippen molar-refractivity contribution in [2.24, 2.45) is 0 Å². The third-order valence-corrected chi connectivity index (χ3v) is 6.04. The van der Waals surface area contributed by atoms with Gasteiger partial charge in [0, 0.05) is 40.0 Å². The van der Waals surface area contributed by atoms with E-state index in [4.69, 9.17) is 33.0 Å². The summed E-state index contributed by atoms with van der Waals surface area (Å²) in [7, 11) is 0. The van der Waals surface area contributed by atoms with Crippen molar-refractivity contribution in [3.63, 3.8) is 0 Å². The summed E-state index contributed by atoms with van der Waals surface area (Å²) in [5, 5.41) is 16.0. The largest absolute Gasteiger partial charge is 0.481 e. The predicted octanol–water partition coefficient (Wildman–Crippen LogP) is 6.31. The summed E-state index contributed by atoms with van der Waals surface area (Å²) in [6, 6.07) is 20.9. The second kappa shape index (κ2) is 13.9. The molecule has 0 unspecified atom stereocenters. The fraction of sp³-hybridized carbons (Fsp3) is 0.286. The third-order valence-electron chi connectivity index (χ3n) is 5.49. The van der Waals surface area contributed by atoms with Crippen molar-refractivity contribution in [3.05, 3.63) is 87.9 Å². The number of aliphatic carboxylic acids is 1. The molecule has 0 saturated heterocycles. The minimum atomic E-state index is -0.949. The van der Waals surface area contributed by atoms with Crippen molar-refractivity contribution >= 4 is 40.8 Å². The van der Waals surface area contributed by atoms with E-state index >= 15 is 0 Å². The number of benzene rings is 3. The molecule has 0 aliphatic carbocycles. The van der Waals surface area contributed by atoms with E-state index in [9.17, 15) is 9.59 Å². The van der Waals surface area contributed by atoms with Gasteiger partial charge in [-0.2, -0.15) is 0 Å². The topological polar surface area (TPSA) is 87.7 Å². The van der Waals surface area contributed by atoms with E-state index in [1.165, 1.54) is 0 Å². The van der Waals surface area contributed by atoms with Crippen LogP contribution in [-0.4, -0.2) is 42.8 Å². The van der Waals surface area contributed by atoms with E-state index in [0.717, 1.165) is 35.2 Å². The molecule has 190 valence electrons. The Morgan fingerprint density at radius 3 is 2.36 bits per heavy atom. The number of hydrogen-bond donors (Lipinski definition) is 3. The van der Waals surface area contributed by atoms with Gasteiger partial charge in [-0.05, 0) is 60.4 Å². The number of carbonyl (C=O) groups is 2. The van der Waals surface area contributed by atoms with Gasteiger partial charge < -0.3 is 20.5 Å². The highest BCUT2D eigenvalue weighted by Crippen LogP contribution is 2.30. The lowest BCUT2D eigenvalue weighted by atomic mass is 10.0. The molecule has 36 heavy (non-hydrogen) atoms. The van der Waals surface area contributed by atoms with E-state index < -0.39 is 5.97 Å². The van der Waals surface area contributed by atoms with E-state index in [2.05, 4.69) is 29.7 Å². The van der Waals surface area contributed by atoms with Gasteiger partial charge in [0.2, 0.25) is 0 Å². The Kier molecular flexibility index (Phi) is 10.6. The van der Waals surface area contributed by atoms with Gasteiger partial charge >= 0.3 is 5.97 Å². The number of rotatable bonds is 13. The van der Waals surface area contributed by atoms with Crippen molar-refractivity contribution < 1.29 is 19.4 Å². The minimum absolute atomic E-state index is 0.0248. The fourth-order valence-electron chi connectivity index (χ4n) is 3.69. The Balaban J connectivity index is 1.65. The molecule has 0 radical (unpaired) electrons. The molecule has 1 amide bonds. The molecule has 3 rings (SSSR count). The molecular weight excluding hydrogens is 499 g/mol. The van der Waals surface area contributed by atoms with Crippen molar-refractivity contribution in [1.82, 2.24) is 5.32 Å². The van der Waals surface area contributed by atoms with Gasteiger partial charge in [-0.25, -0.2) is 0 Å². The zero-order valence-corrected chi connectivity index (χ0v) is 21.6. The normalized spacial score (nSPS) is 11.6. The monoisotopic (exact) mass is 528 g/mol. The maximum Gasteiger partial charge on any atom is 0.305 e. The maximum atomic E-state index is 12.2. The highest BCUT2D eigenvalue weighted by molar-refractivity contribution is 6.36. The zero-order valence-electron chi connectivity index (χ0n) is 20.1. The lowest BCUT2D eigenvalue weighted by Gasteiger charge is -2.21. The number of nitrogens with one attached hydrogen (secondary N) is 2. The van der Waals surface area contributed by atoms with Crippen LogP contribution in [0.25, 0.3) is 11.1 Å². The Labute approximate surface area is 221 Å². The van der Waals surface area contributed by atoms with Crippen molar-refractivity contribution in [2.45, 2.75) is 32.2 Å². The molecule has 0 fully saturated rings. The standard InChI is InChI=1S/C28H30Cl2N2O4/c1-2-15-36-18-24(32-23-10-7-21(8-11-23)28(35)31-14-13-27(33)34)16-19-3-5-20(6-4-19)25-12-9-22(29)17-26(25)30/h3-12,17,24,32H,2,13-16,18H2,1H3,(H,31,35)(H,33,34)/t24-/m0/s1. The predicted molar refractivity (Wildman–Crippen MR) is 145 cm³/mol. The third kappa shape index (κ3) is 8.55. The lowest BCUT2D eigenvalue weighted by molar-refractivity contribution is -0.136. The summed E-state index contributed by atoms with van der Waals surface area (Å²) < 4.78 is 5.83. The van der Waals surface area contributed by atoms with Gasteiger partial charge in [-0.15, -0.1) is 0 Å². The molecule has 3 aromatic rings. The Morgan fingerprint density at radius 1 is 1.00 bits per heavy atom. The van der Waals surface area contributed by atoms with E-state index in [-0.39, 0.29) is 24.9 Å². The van der Waals surface area contributed by atoms with Crippen molar-refractivity contribution in [1.29, 1.82) is 0 Å². The number of carbonyl (C=O) groups excluding carboxylic acids is 1. The highest BCUT2D eigenvalue weighted by atomic mass is 35.5. The Bertz CT molecular complexity index is 1150. The zero-order chi connectivity index (χ0) is 25.9. The smallest absolute Gasteiger partial charge is 0.305 e. The molecule has 3 N–H and O–H groups in total. The summed E-state index contributed by atoms with van der Waals surface area (Å²) in [5.41, 5.74) is 4.44. The van der Waals surface area contributed by atoms with Gasteiger partial charge in [-0.1, -0.05) is 60.5 Å². The first-order chi connectivity index (χ1) is 17.4. The first-order valence-corrected chi connectivity index (χ1v) is 12.6. The molecule has 0 aliphatic heterocycles. The number of carboxylic acids is 1. The van der Waals surface area contributed by atoms with Crippen LogP contribution in [0.2, 0.25) is 10.0 Å². The minimum Gasteiger partial charge on any atom is -0.481 e. The highest BCUT2D eigenvalue weighted by Gasteiger charge is 2.13. The first-order valence-electron chi connectivity index (χ1n) is 11.8. The summed E-state index contributed by atoms with van der Waals surface area (Å²) >= 11 is 12.4. The van der Waals surface area contributed by atoms with Crippen LogP contribution >= 0.6 is 23.2 Å². The van der Waals surface area contributed by atoms with Crippen LogP contribution < -0.4 is 10.6 Å². The molecule has 0 heterocycles. The van der Waals surface area contributed by atoms with Crippen LogP contribution in [0, 0.1) is 0 Å². The molecule has 0 aromatic heterocycles. The van der Waals surface area contributed by atoms with Gasteiger partial charge in [0.25, 0.3) is 5.91 Å². The molecule has 8 heteroatoms. The quantitative estimate of drug-likeness (QED) is 0.226. The number of carboxylic acid groups (broad SMARTS) is 1. The van der Waals surface area contributed by atoms with Crippen LogP contribution in [0.4, 0.5) is 5.69 Å². The molecular formula is C28H30Cl2N2O4. The fourth-order valence-corrected chi connectivity index (χ4v) is 4.21. The SMILES string of the molecule is CCCOC[C@H](Cc1ccc(-c2ccc(Cl)cc2Cl)cc1)Nc1ccc(C(=O)NCCC(=O)O)cc1. The van der Waals surface area contributed by atoms with Crippen LogP contribution in [-0.2, 0) is 16.0 Å². The molecule has 0 saturated carbocycles. The number of amides is 1. The van der Waals surface area contributed by atoms with Crippen LogP contribution in [0.5, 0.6) is 0 Å². The van der Waals surface area contributed by atoms with Gasteiger partial charge in [-0.3, -0.25) is 9.59 Å². The number of anilines is 1. The Hall–Kier alpha value is -3.06. The number of halogens is 2.